The van der Waals surface area contributed by atoms with Crippen LogP contribution in [0.15, 0.2) is 80.6 Å². The molecule has 0 aliphatic carbocycles. The van der Waals surface area contributed by atoms with Gasteiger partial charge in [0.2, 0.25) is 11.8 Å². The van der Waals surface area contributed by atoms with E-state index in [-0.39, 0.29) is 17.3 Å². The Hall–Kier alpha value is -2.89. The Kier molecular flexibility index (Phi) is 10.6. The van der Waals surface area contributed by atoms with Gasteiger partial charge in [0.25, 0.3) is 10.0 Å². The number of sulfonamides is 1. The van der Waals surface area contributed by atoms with Gasteiger partial charge in [-0.25, -0.2) is 8.42 Å². The zero-order valence-corrected chi connectivity index (χ0v) is 26.1. The summed E-state index contributed by atoms with van der Waals surface area (Å²) in [7, 11) is -2.70. The lowest BCUT2D eigenvalue weighted by Gasteiger charge is -2.32. The standard InChI is InChI=1S/C28H31Br2N3O5S/c1-5-31-28(35)20(3)32(17-21-7-6-8-22(29)15-21)27(34)18-33(23-11-9-19(2)10-12-23)39(36,37)24-13-14-26(38-4)25(30)16-24/h6-16,20H,5,17-18H2,1-4H3,(H,31,35). The first-order valence-electron chi connectivity index (χ1n) is 12.2. The number of hydrogen-bond acceptors (Lipinski definition) is 5. The molecular weight excluding hydrogens is 650 g/mol. The number of aryl methyl sites for hydroxylation is 1. The molecule has 0 aromatic heterocycles. The normalized spacial score (nSPS) is 11.9. The highest BCUT2D eigenvalue weighted by atomic mass is 79.9. The molecule has 208 valence electrons. The van der Waals surface area contributed by atoms with Gasteiger partial charge >= 0.3 is 0 Å². The monoisotopic (exact) mass is 679 g/mol. The van der Waals surface area contributed by atoms with E-state index in [4.69, 9.17) is 4.74 Å². The first kappa shape index (κ1) is 30.6. The Labute approximate surface area is 246 Å². The molecule has 1 unspecified atom stereocenters. The van der Waals surface area contributed by atoms with Crippen LogP contribution in [0.5, 0.6) is 5.75 Å². The predicted octanol–water partition coefficient (Wildman–Crippen LogP) is 5.28. The first-order chi connectivity index (χ1) is 18.5. The third kappa shape index (κ3) is 7.61. The van der Waals surface area contributed by atoms with E-state index in [9.17, 15) is 18.0 Å². The maximum atomic E-state index is 13.9. The molecule has 0 spiro atoms. The summed E-state index contributed by atoms with van der Waals surface area (Å²) < 4.78 is 35.5. The number of methoxy groups -OCH3 is 1. The SMILES string of the molecule is CCNC(=O)C(C)N(Cc1cccc(Br)c1)C(=O)CN(c1ccc(C)cc1)S(=O)(=O)c1ccc(OC)c(Br)c1. The van der Waals surface area contributed by atoms with Crippen LogP contribution in [-0.4, -0.2) is 51.4 Å². The van der Waals surface area contributed by atoms with Crippen LogP contribution in [0.3, 0.4) is 0 Å². The summed E-state index contributed by atoms with van der Waals surface area (Å²) in [6.07, 6.45) is 0. The lowest BCUT2D eigenvalue weighted by atomic mass is 10.1. The Morgan fingerprint density at radius 3 is 2.31 bits per heavy atom. The van der Waals surface area contributed by atoms with E-state index in [0.717, 1.165) is 19.9 Å². The number of hydrogen-bond donors (Lipinski definition) is 1. The second-order valence-corrected chi connectivity index (χ2v) is 12.5. The lowest BCUT2D eigenvalue weighted by molar-refractivity contribution is -0.139. The fraction of sp³-hybridized carbons (Fsp3) is 0.286. The molecular formula is C28H31Br2N3O5S. The van der Waals surface area contributed by atoms with E-state index in [2.05, 4.69) is 37.2 Å². The zero-order valence-electron chi connectivity index (χ0n) is 22.1. The molecule has 2 amide bonds. The zero-order chi connectivity index (χ0) is 28.7. The van der Waals surface area contributed by atoms with Crippen molar-refractivity contribution >= 4 is 59.4 Å². The summed E-state index contributed by atoms with van der Waals surface area (Å²) in [4.78, 5) is 28.1. The molecule has 3 aromatic rings. The van der Waals surface area contributed by atoms with E-state index in [1.165, 1.54) is 24.1 Å². The van der Waals surface area contributed by atoms with Gasteiger partial charge in [-0.15, -0.1) is 0 Å². The Morgan fingerprint density at radius 2 is 1.72 bits per heavy atom. The fourth-order valence-corrected chi connectivity index (χ4v) is 6.49. The van der Waals surface area contributed by atoms with Crippen molar-refractivity contribution in [2.75, 3.05) is 24.5 Å². The number of nitrogens with zero attached hydrogens (tertiary/aromatic N) is 2. The maximum absolute atomic E-state index is 13.9. The van der Waals surface area contributed by atoms with Crippen LogP contribution >= 0.6 is 31.9 Å². The van der Waals surface area contributed by atoms with Gasteiger partial charge in [0.1, 0.15) is 18.3 Å². The minimum Gasteiger partial charge on any atom is -0.496 e. The smallest absolute Gasteiger partial charge is 0.264 e. The highest BCUT2D eigenvalue weighted by Gasteiger charge is 2.32. The topological polar surface area (TPSA) is 96.0 Å². The van der Waals surface area contributed by atoms with E-state index >= 15 is 0 Å². The van der Waals surface area contributed by atoms with Crippen molar-refractivity contribution < 1.29 is 22.7 Å². The van der Waals surface area contributed by atoms with E-state index in [1.807, 2.05) is 31.2 Å². The van der Waals surface area contributed by atoms with Gasteiger partial charge in [-0.05, 0) is 84.7 Å². The summed E-state index contributed by atoms with van der Waals surface area (Å²) in [5, 5.41) is 2.75. The number of benzene rings is 3. The van der Waals surface area contributed by atoms with Gasteiger partial charge in [0.05, 0.1) is 22.2 Å². The van der Waals surface area contributed by atoms with E-state index in [1.54, 1.807) is 44.2 Å². The highest BCUT2D eigenvalue weighted by molar-refractivity contribution is 9.10. The summed E-state index contributed by atoms with van der Waals surface area (Å²) >= 11 is 6.79. The quantitative estimate of drug-likeness (QED) is 0.298. The average Bonchev–Trinajstić information content (AvgIpc) is 2.90. The number of ether oxygens (including phenoxy) is 1. The van der Waals surface area contributed by atoms with Gasteiger partial charge in [0.15, 0.2) is 0 Å². The van der Waals surface area contributed by atoms with Crippen LogP contribution in [-0.2, 0) is 26.2 Å². The predicted molar refractivity (Wildman–Crippen MR) is 159 cm³/mol. The molecule has 0 heterocycles. The summed E-state index contributed by atoms with van der Waals surface area (Å²) in [6, 6.07) is 17.9. The molecule has 0 aliphatic rings. The van der Waals surface area contributed by atoms with Crippen molar-refractivity contribution in [3.8, 4) is 5.75 Å². The van der Waals surface area contributed by atoms with Crippen LogP contribution in [0, 0.1) is 6.92 Å². The van der Waals surface area contributed by atoms with Crippen molar-refractivity contribution in [2.45, 2.75) is 38.3 Å². The number of carbonyl (C=O) groups is 2. The third-order valence-corrected chi connectivity index (χ3v) is 8.96. The number of rotatable bonds is 11. The molecule has 39 heavy (non-hydrogen) atoms. The molecule has 0 radical (unpaired) electrons. The van der Waals surface area contributed by atoms with Crippen molar-refractivity contribution in [1.29, 1.82) is 0 Å². The van der Waals surface area contributed by atoms with Gasteiger partial charge in [-0.3, -0.25) is 13.9 Å². The summed E-state index contributed by atoms with van der Waals surface area (Å²) in [6.45, 7) is 5.33. The minimum absolute atomic E-state index is 0.0149. The Bertz CT molecular complexity index is 1430. The van der Waals surface area contributed by atoms with Gasteiger partial charge in [-0.2, -0.15) is 0 Å². The van der Waals surface area contributed by atoms with Crippen LogP contribution < -0.4 is 14.4 Å². The maximum Gasteiger partial charge on any atom is 0.264 e. The minimum atomic E-state index is -4.19. The second-order valence-electron chi connectivity index (χ2n) is 8.87. The Morgan fingerprint density at radius 1 is 1.03 bits per heavy atom. The fourth-order valence-electron chi connectivity index (χ4n) is 3.91. The van der Waals surface area contributed by atoms with Gasteiger partial charge in [0, 0.05) is 17.6 Å². The lowest BCUT2D eigenvalue weighted by Crippen LogP contribution is -2.51. The van der Waals surface area contributed by atoms with Crippen LogP contribution in [0.4, 0.5) is 5.69 Å². The number of halogens is 2. The van der Waals surface area contributed by atoms with Crippen LogP contribution in [0.2, 0.25) is 0 Å². The van der Waals surface area contributed by atoms with Crippen LogP contribution in [0.1, 0.15) is 25.0 Å². The number of carbonyl (C=O) groups excluding carboxylic acids is 2. The van der Waals surface area contributed by atoms with Crippen molar-refractivity contribution in [2.24, 2.45) is 0 Å². The first-order valence-corrected chi connectivity index (χ1v) is 15.2. The summed E-state index contributed by atoms with van der Waals surface area (Å²) in [5.74, 6) is -0.377. The van der Waals surface area contributed by atoms with Gasteiger partial charge in [-0.1, -0.05) is 45.8 Å². The number of amides is 2. The molecule has 1 atom stereocenters. The summed E-state index contributed by atoms with van der Waals surface area (Å²) in [5.41, 5.74) is 2.06. The molecule has 0 fully saturated rings. The second kappa shape index (κ2) is 13.5. The van der Waals surface area contributed by atoms with Crippen molar-refractivity contribution in [1.82, 2.24) is 10.2 Å². The number of likely N-dealkylation sites (N-methyl/N-ethyl adjacent to an activating group) is 1. The molecule has 0 aliphatic heterocycles. The number of nitrogens with one attached hydrogen (secondary N) is 1. The third-order valence-electron chi connectivity index (χ3n) is 6.07. The van der Waals surface area contributed by atoms with E-state index in [0.29, 0.717) is 22.5 Å². The molecule has 3 rings (SSSR count). The highest BCUT2D eigenvalue weighted by Crippen LogP contribution is 2.31. The number of anilines is 1. The molecule has 1 N–H and O–H groups in total. The largest absolute Gasteiger partial charge is 0.496 e. The van der Waals surface area contributed by atoms with Gasteiger partial charge < -0.3 is 15.0 Å². The molecule has 0 saturated heterocycles. The van der Waals surface area contributed by atoms with E-state index < -0.39 is 28.5 Å². The Balaban J connectivity index is 2.05. The average molecular weight is 681 g/mol. The molecule has 11 heteroatoms. The van der Waals surface area contributed by atoms with Crippen molar-refractivity contribution in [3.05, 3.63) is 86.8 Å². The molecule has 3 aromatic carbocycles. The molecule has 0 saturated carbocycles. The van der Waals surface area contributed by atoms with Crippen LogP contribution in [0.25, 0.3) is 0 Å². The molecule has 8 nitrogen and oxygen atoms in total. The van der Waals surface area contributed by atoms with Crippen molar-refractivity contribution in [3.63, 3.8) is 0 Å². The molecule has 0 bridgehead atoms.